The van der Waals surface area contributed by atoms with Crippen LogP contribution in [0.15, 0.2) is 0 Å². The monoisotopic (exact) mass is 303 g/mol. The smallest absolute Gasteiger partial charge is 0.328 e. The van der Waals surface area contributed by atoms with E-state index in [2.05, 4.69) is 10.1 Å². The molecule has 122 valence electrons. The molecule has 1 amide bonds. The van der Waals surface area contributed by atoms with Crippen LogP contribution in [0.1, 0.15) is 40.0 Å². The van der Waals surface area contributed by atoms with E-state index in [9.17, 15) is 19.5 Å². The summed E-state index contributed by atoms with van der Waals surface area (Å²) in [5, 5.41) is 11.8. The van der Waals surface area contributed by atoms with Gasteiger partial charge in [0.25, 0.3) is 0 Å². The van der Waals surface area contributed by atoms with Gasteiger partial charge in [-0.05, 0) is 12.8 Å². The van der Waals surface area contributed by atoms with Crippen LogP contribution in [-0.2, 0) is 23.9 Å². The van der Waals surface area contributed by atoms with E-state index < -0.39 is 24.1 Å². The highest BCUT2D eigenvalue weighted by Gasteiger charge is 2.23. The van der Waals surface area contributed by atoms with Crippen molar-refractivity contribution in [3.63, 3.8) is 0 Å². The largest absolute Gasteiger partial charge is 0.467 e. The van der Waals surface area contributed by atoms with Crippen LogP contribution >= 0.6 is 0 Å². The van der Waals surface area contributed by atoms with Gasteiger partial charge >= 0.3 is 11.9 Å². The Morgan fingerprint density at radius 1 is 1.24 bits per heavy atom. The first kappa shape index (κ1) is 19.4. The summed E-state index contributed by atoms with van der Waals surface area (Å²) in [5.74, 6) is -1.70. The Morgan fingerprint density at radius 3 is 2.33 bits per heavy atom. The molecule has 0 spiro atoms. The molecule has 0 fully saturated rings. The normalized spacial score (nSPS) is 13.4. The molecule has 0 aromatic heterocycles. The van der Waals surface area contributed by atoms with Gasteiger partial charge in [-0.1, -0.05) is 20.8 Å². The second-order valence-electron chi connectivity index (χ2n) is 5.02. The van der Waals surface area contributed by atoms with Crippen molar-refractivity contribution in [3.8, 4) is 0 Å². The number of nitrogens with one attached hydrogen (secondary N) is 1. The van der Waals surface area contributed by atoms with Gasteiger partial charge < -0.3 is 19.9 Å². The maximum absolute atomic E-state index is 11.6. The number of aliphatic hydroxyl groups excluding tert-OH is 1. The minimum Gasteiger partial charge on any atom is -0.467 e. The van der Waals surface area contributed by atoms with E-state index in [4.69, 9.17) is 4.74 Å². The quantitative estimate of drug-likeness (QED) is 0.598. The molecule has 0 saturated carbocycles. The van der Waals surface area contributed by atoms with Crippen LogP contribution in [0.2, 0.25) is 0 Å². The molecule has 0 radical (unpaired) electrons. The van der Waals surface area contributed by atoms with Crippen molar-refractivity contribution in [1.82, 2.24) is 5.32 Å². The molecule has 0 aliphatic rings. The number of ether oxygens (including phenoxy) is 2. The molecule has 2 unspecified atom stereocenters. The predicted molar refractivity (Wildman–Crippen MR) is 75.3 cm³/mol. The van der Waals surface area contributed by atoms with E-state index in [-0.39, 0.29) is 31.3 Å². The Bertz CT molecular complexity index is 355. The number of esters is 2. The van der Waals surface area contributed by atoms with Crippen LogP contribution in [0.5, 0.6) is 0 Å². The fourth-order valence-electron chi connectivity index (χ4n) is 1.37. The Hall–Kier alpha value is -1.63. The van der Waals surface area contributed by atoms with Crippen molar-refractivity contribution in [2.24, 2.45) is 5.92 Å². The highest BCUT2D eigenvalue weighted by Crippen LogP contribution is 2.04. The number of hydrogen-bond donors (Lipinski definition) is 2. The molecule has 0 aliphatic carbocycles. The average molecular weight is 303 g/mol. The summed E-state index contributed by atoms with van der Waals surface area (Å²) in [6.45, 7) is 5.10. The molecule has 0 aromatic rings. The summed E-state index contributed by atoms with van der Waals surface area (Å²) >= 11 is 0. The number of hydrogen-bond acceptors (Lipinski definition) is 6. The van der Waals surface area contributed by atoms with Crippen molar-refractivity contribution in [2.75, 3.05) is 13.7 Å². The first-order valence-electron chi connectivity index (χ1n) is 7.03. The van der Waals surface area contributed by atoms with Crippen LogP contribution < -0.4 is 5.32 Å². The first-order valence-corrected chi connectivity index (χ1v) is 7.03. The van der Waals surface area contributed by atoms with E-state index in [1.165, 1.54) is 7.11 Å². The lowest BCUT2D eigenvalue weighted by atomic mass is 10.1. The minimum absolute atomic E-state index is 0.0470. The van der Waals surface area contributed by atoms with Crippen LogP contribution in [0.4, 0.5) is 0 Å². The van der Waals surface area contributed by atoms with Gasteiger partial charge in [-0.25, -0.2) is 4.79 Å². The van der Waals surface area contributed by atoms with Gasteiger partial charge in [0.1, 0.15) is 12.6 Å². The number of amides is 1. The van der Waals surface area contributed by atoms with Crippen molar-refractivity contribution in [3.05, 3.63) is 0 Å². The molecule has 21 heavy (non-hydrogen) atoms. The van der Waals surface area contributed by atoms with Crippen LogP contribution in [-0.4, -0.2) is 48.8 Å². The van der Waals surface area contributed by atoms with E-state index >= 15 is 0 Å². The van der Waals surface area contributed by atoms with Gasteiger partial charge in [-0.2, -0.15) is 0 Å². The second-order valence-corrected chi connectivity index (χ2v) is 5.02. The van der Waals surface area contributed by atoms with Crippen molar-refractivity contribution in [1.29, 1.82) is 0 Å². The fourth-order valence-corrected chi connectivity index (χ4v) is 1.37. The highest BCUT2D eigenvalue weighted by atomic mass is 16.5. The van der Waals surface area contributed by atoms with Crippen LogP contribution in [0, 0.1) is 5.92 Å². The van der Waals surface area contributed by atoms with Crippen LogP contribution in [0.3, 0.4) is 0 Å². The lowest BCUT2D eigenvalue weighted by Gasteiger charge is -2.17. The molecule has 0 saturated heterocycles. The number of rotatable bonds is 9. The zero-order valence-corrected chi connectivity index (χ0v) is 13.0. The Balaban J connectivity index is 4.32. The zero-order valence-electron chi connectivity index (χ0n) is 13.0. The lowest BCUT2D eigenvalue weighted by Crippen LogP contribution is -2.43. The topological polar surface area (TPSA) is 102 Å². The van der Waals surface area contributed by atoms with E-state index in [0.717, 1.165) is 0 Å². The third kappa shape index (κ3) is 8.29. The second kappa shape index (κ2) is 10.1. The van der Waals surface area contributed by atoms with Gasteiger partial charge in [-0.3, -0.25) is 9.59 Å². The van der Waals surface area contributed by atoms with Crippen LogP contribution in [0.25, 0.3) is 0 Å². The Morgan fingerprint density at radius 2 is 1.86 bits per heavy atom. The summed E-state index contributed by atoms with van der Waals surface area (Å²) < 4.78 is 9.45. The Kier molecular flexibility index (Phi) is 9.36. The van der Waals surface area contributed by atoms with Gasteiger partial charge in [-0.15, -0.1) is 0 Å². The third-order valence-electron chi connectivity index (χ3n) is 2.87. The molecular formula is C14H25NO6. The fraction of sp³-hybridized carbons (Fsp3) is 0.786. The SMILES string of the molecule is CCC(O)COC(=O)CCC(NC(=O)C(C)C)C(=O)OC. The molecular weight excluding hydrogens is 278 g/mol. The Labute approximate surface area is 125 Å². The maximum atomic E-state index is 11.6. The van der Waals surface area contributed by atoms with Gasteiger partial charge in [0.05, 0.1) is 13.2 Å². The predicted octanol–water partition coefficient (Wildman–Crippen LogP) is 0.395. The summed E-state index contributed by atoms with van der Waals surface area (Å²) in [6.07, 6.45) is -0.158. The summed E-state index contributed by atoms with van der Waals surface area (Å²) in [4.78, 5) is 34.7. The summed E-state index contributed by atoms with van der Waals surface area (Å²) in [6, 6.07) is -0.881. The molecule has 0 heterocycles. The standard InChI is InChI=1S/C14H25NO6/c1-5-10(16)8-21-12(17)7-6-11(14(19)20-4)15-13(18)9(2)3/h9-11,16H,5-8H2,1-4H3,(H,15,18). The molecule has 2 N–H and O–H groups in total. The minimum atomic E-state index is -0.881. The zero-order chi connectivity index (χ0) is 16.4. The van der Waals surface area contributed by atoms with E-state index in [0.29, 0.717) is 6.42 Å². The molecule has 7 nitrogen and oxygen atoms in total. The molecule has 0 bridgehead atoms. The van der Waals surface area contributed by atoms with Gasteiger partial charge in [0, 0.05) is 12.3 Å². The summed E-state index contributed by atoms with van der Waals surface area (Å²) in [7, 11) is 1.22. The van der Waals surface area contributed by atoms with E-state index in [1.54, 1.807) is 20.8 Å². The highest BCUT2D eigenvalue weighted by molar-refractivity contribution is 5.85. The summed E-state index contributed by atoms with van der Waals surface area (Å²) in [5.41, 5.74) is 0. The molecule has 2 atom stereocenters. The number of aliphatic hydroxyl groups is 1. The molecule has 0 aromatic carbocycles. The number of carbonyl (C=O) groups is 3. The average Bonchev–Trinajstić information content (AvgIpc) is 2.47. The first-order chi connectivity index (χ1) is 9.81. The number of carbonyl (C=O) groups excluding carboxylic acids is 3. The van der Waals surface area contributed by atoms with Gasteiger partial charge in [0.15, 0.2) is 0 Å². The van der Waals surface area contributed by atoms with E-state index in [1.807, 2.05) is 0 Å². The lowest BCUT2D eigenvalue weighted by molar-refractivity contribution is -0.149. The number of methoxy groups -OCH3 is 1. The molecule has 0 aliphatic heterocycles. The van der Waals surface area contributed by atoms with Crippen molar-refractivity contribution >= 4 is 17.8 Å². The molecule has 0 rings (SSSR count). The molecule has 7 heteroatoms. The van der Waals surface area contributed by atoms with Gasteiger partial charge in [0.2, 0.25) is 5.91 Å². The third-order valence-corrected chi connectivity index (χ3v) is 2.87. The van der Waals surface area contributed by atoms with Crippen molar-refractivity contribution in [2.45, 2.75) is 52.2 Å². The van der Waals surface area contributed by atoms with Crippen molar-refractivity contribution < 1.29 is 29.0 Å². The maximum Gasteiger partial charge on any atom is 0.328 e.